The van der Waals surface area contributed by atoms with Crippen molar-refractivity contribution in [3.05, 3.63) is 52.7 Å². The van der Waals surface area contributed by atoms with E-state index in [1.54, 1.807) is 6.07 Å². The van der Waals surface area contributed by atoms with Crippen LogP contribution < -0.4 is 11.2 Å². The quantitative estimate of drug-likeness (QED) is 0.303. The number of hydrogen-bond acceptors (Lipinski definition) is 4. The number of aryl methyl sites for hydroxylation is 1. The second kappa shape index (κ2) is 8.04. The number of pyridine rings is 1. The number of nitrogen functional groups attached to an aromatic ring is 1. The molecule has 0 amide bonds. The monoisotopic (exact) mass is 352 g/mol. The molecule has 3 rings (SSSR count). The Kier molecular flexibility index (Phi) is 5.56. The smallest absolute Gasteiger partial charge is 0.305 e. The molecule has 1 aromatic heterocycles. The molecule has 2 N–H and O–H groups in total. The van der Waals surface area contributed by atoms with Gasteiger partial charge in [-0.05, 0) is 50.1 Å². The summed E-state index contributed by atoms with van der Waals surface area (Å²) in [5, 5.41) is 1.35. The summed E-state index contributed by atoms with van der Waals surface area (Å²) in [6.07, 6.45) is 3.11. The van der Waals surface area contributed by atoms with Crippen LogP contribution in [0.3, 0.4) is 0 Å². The summed E-state index contributed by atoms with van der Waals surface area (Å²) in [6.45, 7) is 3.03. The van der Waals surface area contributed by atoms with E-state index in [9.17, 15) is 9.59 Å². The average Bonchev–Trinajstić information content (AvgIpc) is 2.64. The van der Waals surface area contributed by atoms with Gasteiger partial charge in [0.1, 0.15) is 0 Å². The first-order chi connectivity index (χ1) is 12.6. The molecule has 0 aliphatic rings. The fourth-order valence-electron chi connectivity index (χ4n) is 3.34. The molecule has 0 aliphatic carbocycles. The maximum Gasteiger partial charge on any atom is 0.305 e. The van der Waals surface area contributed by atoms with Crippen LogP contribution in [-0.2, 0) is 16.1 Å². The highest BCUT2D eigenvalue weighted by molar-refractivity contribution is 5.94. The summed E-state index contributed by atoms with van der Waals surface area (Å²) in [5.74, 6) is -0.137. The van der Waals surface area contributed by atoms with E-state index < -0.39 is 0 Å². The molecule has 5 heteroatoms. The zero-order valence-corrected chi connectivity index (χ0v) is 15.0. The first kappa shape index (κ1) is 18.0. The minimum Gasteiger partial charge on any atom is -0.466 e. The van der Waals surface area contributed by atoms with Crippen molar-refractivity contribution in [2.24, 2.45) is 0 Å². The van der Waals surface area contributed by atoms with Crippen LogP contribution in [-0.4, -0.2) is 17.1 Å². The number of carbonyl (C=O) groups is 1. The Hall–Kier alpha value is -2.82. The number of rotatable bonds is 7. The third-order valence-electron chi connectivity index (χ3n) is 4.56. The highest BCUT2D eigenvalue weighted by Gasteiger charge is 2.10. The second-order valence-corrected chi connectivity index (χ2v) is 6.39. The van der Waals surface area contributed by atoms with Crippen molar-refractivity contribution in [3.63, 3.8) is 0 Å². The topological polar surface area (TPSA) is 74.3 Å². The number of hydrogen-bond donors (Lipinski definition) is 1. The minimum absolute atomic E-state index is 0.0152. The molecule has 2 aromatic carbocycles. The Morgan fingerprint density at radius 3 is 2.62 bits per heavy atom. The fourth-order valence-corrected chi connectivity index (χ4v) is 3.34. The van der Waals surface area contributed by atoms with Crippen LogP contribution in [0.1, 0.15) is 32.6 Å². The molecule has 5 nitrogen and oxygen atoms in total. The summed E-state index contributed by atoms with van der Waals surface area (Å²) in [7, 11) is 0. The van der Waals surface area contributed by atoms with Crippen molar-refractivity contribution in [1.82, 2.24) is 4.57 Å². The van der Waals surface area contributed by atoms with Crippen molar-refractivity contribution in [2.45, 2.75) is 39.2 Å². The molecule has 1 heterocycles. The lowest BCUT2D eigenvalue weighted by atomic mass is 10.1. The van der Waals surface area contributed by atoms with Crippen LogP contribution in [0, 0.1) is 0 Å². The Morgan fingerprint density at radius 2 is 1.81 bits per heavy atom. The highest BCUT2D eigenvalue weighted by atomic mass is 16.5. The molecule has 0 aliphatic heterocycles. The Balaban J connectivity index is 1.85. The number of ether oxygens (including phenoxy) is 1. The number of para-hydroxylation sites is 1. The molecular weight excluding hydrogens is 328 g/mol. The van der Waals surface area contributed by atoms with Crippen LogP contribution in [0.5, 0.6) is 0 Å². The van der Waals surface area contributed by atoms with Crippen LogP contribution in [0.2, 0.25) is 0 Å². The lowest BCUT2D eigenvalue weighted by Gasteiger charge is -2.15. The van der Waals surface area contributed by atoms with E-state index in [2.05, 4.69) is 4.57 Å². The van der Waals surface area contributed by atoms with Gasteiger partial charge in [-0.15, -0.1) is 0 Å². The van der Waals surface area contributed by atoms with E-state index in [0.717, 1.165) is 36.8 Å². The molecule has 0 unspecified atom stereocenters. The minimum atomic E-state index is -0.137. The van der Waals surface area contributed by atoms with Gasteiger partial charge in [0.2, 0.25) is 0 Å². The average molecular weight is 352 g/mol. The maximum absolute atomic E-state index is 12.8. The van der Waals surface area contributed by atoms with E-state index in [0.29, 0.717) is 29.5 Å². The molecule has 0 bridgehead atoms. The summed E-state index contributed by atoms with van der Waals surface area (Å²) in [6, 6.07) is 13.2. The van der Waals surface area contributed by atoms with E-state index in [-0.39, 0.29) is 11.4 Å². The normalized spacial score (nSPS) is 11.1. The third kappa shape index (κ3) is 3.72. The van der Waals surface area contributed by atoms with Crippen LogP contribution in [0.15, 0.2) is 47.3 Å². The number of carbonyl (C=O) groups excluding carboxylic acids is 1. The standard InChI is InChI=1S/C21H24N2O3/c1-2-26-20(24)10-4-3-7-13-23-18-9-6-5-8-16(18)21(25)17-14-15(22)11-12-19(17)23/h5-6,8-9,11-12,14H,2-4,7,10,13,22H2,1H3. The maximum atomic E-state index is 12.8. The fraction of sp³-hybridized carbons (Fsp3) is 0.333. The number of esters is 1. The Morgan fingerprint density at radius 1 is 1.04 bits per heavy atom. The van der Waals surface area contributed by atoms with E-state index in [4.69, 9.17) is 10.5 Å². The lowest BCUT2D eigenvalue weighted by Crippen LogP contribution is -2.12. The Labute approximate surface area is 152 Å². The van der Waals surface area contributed by atoms with Gasteiger partial charge in [0, 0.05) is 29.4 Å². The largest absolute Gasteiger partial charge is 0.466 e. The molecule has 0 saturated carbocycles. The number of unbranched alkanes of at least 4 members (excludes halogenated alkanes) is 2. The van der Waals surface area contributed by atoms with Gasteiger partial charge in [0.25, 0.3) is 0 Å². The third-order valence-corrected chi connectivity index (χ3v) is 4.56. The van der Waals surface area contributed by atoms with Crippen molar-refractivity contribution >= 4 is 33.5 Å². The number of fused-ring (bicyclic) bond motifs is 2. The number of aromatic nitrogens is 1. The number of nitrogens with zero attached hydrogens (tertiary/aromatic N) is 1. The van der Waals surface area contributed by atoms with E-state index >= 15 is 0 Å². The summed E-state index contributed by atoms with van der Waals surface area (Å²) in [4.78, 5) is 24.2. The SMILES string of the molecule is CCOC(=O)CCCCCn1c2ccccc2c(=O)c2cc(N)ccc21. The van der Waals surface area contributed by atoms with E-state index in [1.165, 1.54) is 0 Å². The molecule has 0 spiro atoms. The molecule has 26 heavy (non-hydrogen) atoms. The first-order valence-electron chi connectivity index (χ1n) is 9.08. The molecule has 136 valence electrons. The van der Waals surface area contributed by atoms with Gasteiger partial charge in [0.15, 0.2) is 5.43 Å². The highest BCUT2D eigenvalue weighted by Crippen LogP contribution is 2.22. The van der Waals surface area contributed by atoms with Crippen molar-refractivity contribution in [2.75, 3.05) is 12.3 Å². The zero-order chi connectivity index (χ0) is 18.5. The van der Waals surface area contributed by atoms with Gasteiger partial charge in [-0.25, -0.2) is 0 Å². The number of benzene rings is 2. The van der Waals surface area contributed by atoms with Gasteiger partial charge in [-0.1, -0.05) is 18.6 Å². The molecule has 0 atom stereocenters. The van der Waals surface area contributed by atoms with E-state index in [1.807, 2.05) is 43.3 Å². The van der Waals surface area contributed by atoms with Crippen molar-refractivity contribution < 1.29 is 9.53 Å². The van der Waals surface area contributed by atoms with Crippen molar-refractivity contribution in [3.8, 4) is 0 Å². The molecule has 0 saturated heterocycles. The van der Waals surface area contributed by atoms with Gasteiger partial charge in [-0.2, -0.15) is 0 Å². The summed E-state index contributed by atoms with van der Waals surface area (Å²) < 4.78 is 7.13. The summed E-state index contributed by atoms with van der Waals surface area (Å²) >= 11 is 0. The number of anilines is 1. The summed E-state index contributed by atoms with van der Waals surface area (Å²) in [5.41, 5.74) is 8.32. The lowest BCUT2D eigenvalue weighted by molar-refractivity contribution is -0.143. The first-order valence-corrected chi connectivity index (χ1v) is 9.08. The van der Waals surface area contributed by atoms with Crippen LogP contribution in [0.4, 0.5) is 5.69 Å². The van der Waals surface area contributed by atoms with Gasteiger partial charge < -0.3 is 15.0 Å². The predicted molar refractivity (Wildman–Crippen MR) is 105 cm³/mol. The molecule has 0 fully saturated rings. The second-order valence-electron chi connectivity index (χ2n) is 6.39. The molecule has 0 radical (unpaired) electrons. The zero-order valence-electron chi connectivity index (χ0n) is 15.0. The van der Waals surface area contributed by atoms with Crippen LogP contribution >= 0.6 is 0 Å². The molecular formula is C21H24N2O3. The van der Waals surface area contributed by atoms with Gasteiger partial charge in [-0.3, -0.25) is 9.59 Å². The predicted octanol–water partition coefficient (Wildman–Crippen LogP) is 3.86. The Bertz CT molecular complexity index is 992. The van der Waals surface area contributed by atoms with Crippen LogP contribution in [0.25, 0.3) is 21.8 Å². The van der Waals surface area contributed by atoms with Gasteiger partial charge in [0.05, 0.1) is 17.6 Å². The number of nitrogens with two attached hydrogens (primary N) is 1. The molecule has 3 aromatic rings. The van der Waals surface area contributed by atoms with Crippen molar-refractivity contribution in [1.29, 1.82) is 0 Å². The van der Waals surface area contributed by atoms with Gasteiger partial charge >= 0.3 is 5.97 Å².